The van der Waals surface area contributed by atoms with E-state index >= 15 is 0 Å². The SMILES string of the molecule is CCc1cc(N2CCC(S(=O)(=O)NC(C)C)C2)nc(C)n1. The van der Waals surface area contributed by atoms with E-state index in [1.807, 2.05) is 31.7 Å². The van der Waals surface area contributed by atoms with Crippen molar-refractivity contribution in [2.75, 3.05) is 18.0 Å². The fraction of sp³-hybridized carbons (Fsp3) is 0.714. The standard InChI is InChI=1S/C14H24N4O2S/c1-5-12-8-14(16-11(4)15-12)18-7-6-13(9-18)21(19,20)17-10(2)3/h8,10,13,17H,5-7,9H2,1-4H3. The van der Waals surface area contributed by atoms with Gasteiger partial charge in [-0.3, -0.25) is 0 Å². The molecule has 0 aromatic carbocycles. The highest BCUT2D eigenvalue weighted by molar-refractivity contribution is 7.90. The van der Waals surface area contributed by atoms with Gasteiger partial charge in [-0.15, -0.1) is 0 Å². The first-order chi connectivity index (χ1) is 9.81. The highest BCUT2D eigenvalue weighted by Gasteiger charge is 2.34. The van der Waals surface area contributed by atoms with Crippen molar-refractivity contribution in [3.8, 4) is 0 Å². The van der Waals surface area contributed by atoms with Crippen molar-refractivity contribution < 1.29 is 8.42 Å². The van der Waals surface area contributed by atoms with Crippen molar-refractivity contribution in [2.24, 2.45) is 0 Å². The Bertz CT molecular complexity index is 601. The predicted molar refractivity (Wildman–Crippen MR) is 84.0 cm³/mol. The van der Waals surface area contributed by atoms with Crippen molar-refractivity contribution in [1.29, 1.82) is 0 Å². The molecule has 7 heteroatoms. The van der Waals surface area contributed by atoms with Gasteiger partial charge in [-0.05, 0) is 33.6 Å². The van der Waals surface area contributed by atoms with Gasteiger partial charge >= 0.3 is 0 Å². The molecular weight excluding hydrogens is 288 g/mol. The molecule has 0 amide bonds. The summed E-state index contributed by atoms with van der Waals surface area (Å²) in [7, 11) is -3.26. The molecule has 1 saturated heterocycles. The van der Waals surface area contributed by atoms with Crippen LogP contribution in [0.25, 0.3) is 0 Å². The zero-order valence-corrected chi connectivity index (χ0v) is 13.9. The first-order valence-electron chi connectivity index (χ1n) is 7.42. The second kappa shape index (κ2) is 6.27. The summed E-state index contributed by atoms with van der Waals surface area (Å²) in [4.78, 5) is 10.8. The molecule has 1 aliphatic heterocycles. The summed E-state index contributed by atoms with van der Waals surface area (Å²) in [5, 5.41) is -0.375. The van der Waals surface area contributed by atoms with E-state index in [4.69, 9.17) is 0 Å². The second-order valence-electron chi connectivity index (χ2n) is 5.79. The quantitative estimate of drug-likeness (QED) is 0.886. The number of hydrogen-bond donors (Lipinski definition) is 1. The summed E-state index contributed by atoms with van der Waals surface area (Å²) in [5.74, 6) is 1.57. The summed E-state index contributed by atoms with van der Waals surface area (Å²) < 4.78 is 27.2. The maximum atomic E-state index is 12.2. The Morgan fingerprint density at radius 3 is 2.76 bits per heavy atom. The maximum absolute atomic E-state index is 12.2. The summed E-state index contributed by atoms with van der Waals surface area (Å²) in [5.41, 5.74) is 0.990. The van der Waals surface area contributed by atoms with Crippen LogP contribution in [-0.4, -0.2) is 42.8 Å². The maximum Gasteiger partial charge on any atom is 0.216 e. The highest BCUT2D eigenvalue weighted by atomic mass is 32.2. The third-order valence-electron chi connectivity index (χ3n) is 3.55. The van der Waals surface area contributed by atoms with Crippen LogP contribution in [0.5, 0.6) is 0 Å². The van der Waals surface area contributed by atoms with Gasteiger partial charge in [0.15, 0.2) is 0 Å². The van der Waals surface area contributed by atoms with Gasteiger partial charge in [-0.2, -0.15) is 0 Å². The lowest BCUT2D eigenvalue weighted by Crippen LogP contribution is -2.39. The van der Waals surface area contributed by atoms with Crippen LogP contribution < -0.4 is 9.62 Å². The van der Waals surface area contributed by atoms with E-state index in [0.29, 0.717) is 19.5 Å². The molecule has 0 radical (unpaired) electrons. The topological polar surface area (TPSA) is 75.2 Å². The van der Waals surface area contributed by atoms with Crippen LogP contribution >= 0.6 is 0 Å². The van der Waals surface area contributed by atoms with Crippen LogP contribution in [0, 0.1) is 6.92 Å². The van der Waals surface area contributed by atoms with E-state index in [1.165, 1.54) is 0 Å². The van der Waals surface area contributed by atoms with Gasteiger partial charge < -0.3 is 4.90 Å². The van der Waals surface area contributed by atoms with E-state index in [-0.39, 0.29) is 11.3 Å². The monoisotopic (exact) mass is 312 g/mol. The van der Waals surface area contributed by atoms with Crippen LogP contribution in [0.15, 0.2) is 6.07 Å². The molecule has 1 atom stereocenters. The number of aryl methyl sites for hydroxylation is 2. The largest absolute Gasteiger partial charge is 0.355 e. The molecule has 1 aromatic heterocycles. The highest BCUT2D eigenvalue weighted by Crippen LogP contribution is 2.23. The Balaban J connectivity index is 2.14. The summed E-state index contributed by atoms with van der Waals surface area (Å²) in [6.45, 7) is 8.80. The van der Waals surface area contributed by atoms with Crippen molar-refractivity contribution in [1.82, 2.24) is 14.7 Å². The summed E-state index contributed by atoms with van der Waals surface area (Å²) in [6, 6.07) is 1.88. The Hall–Kier alpha value is -1.21. The van der Waals surface area contributed by atoms with Gasteiger partial charge in [0.1, 0.15) is 11.6 Å². The second-order valence-corrected chi connectivity index (χ2v) is 7.78. The number of sulfonamides is 1. The Labute approximate surface area is 127 Å². The lowest BCUT2D eigenvalue weighted by Gasteiger charge is -2.19. The molecule has 6 nitrogen and oxygen atoms in total. The number of hydrogen-bond acceptors (Lipinski definition) is 5. The van der Waals surface area contributed by atoms with E-state index in [2.05, 4.69) is 21.6 Å². The molecule has 0 spiro atoms. The zero-order chi connectivity index (χ0) is 15.6. The molecule has 0 aliphatic carbocycles. The minimum atomic E-state index is -3.26. The van der Waals surface area contributed by atoms with Gasteiger partial charge in [0.05, 0.1) is 5.25 Å². The van der Waals surface area contributed by atoms with E-state index < -0.39 is 10.0 Å². The summed E-state index contributed by atoms with van der Waals surface area (Å²) >= 11 is 0. The molecule has 1 unspecified atom stereocenters. The number of nitrogens with one attached hydrogen (secondary N) is 1. The smallest absolute Gasteiger partial charge is 0.216 e. The fourth-order valence-electron chi connectivity index (χ4n) is 2.57. The minimum Gasteiger partial charge on any atom is -0.355 e. The van der Waals surface area contributed by atoms with Gasteiger partial charge in [-0.1, -0.05) is 6.92 Å². The van der Waals surface area contributed by atoms with E-state index in [9.17, 15) is 8.42 Å². The Morgan fingerprint density at radius 1 is 1.43 bits per heavy atom. The number of anilines is 1. The van der Waals surface area contributed by atoms with Crippen molar-refractivity contribution >= 4 is 15.8 Å². The van der Waals surface area contributed by atoms with Crippen LogP contribution in [0.4, 0.5) is 5.82 Å². The fourth-order valence-corrected chi connectivity index (χ4v) is 4.21. The van der Waals surface area contributed by atoms with Gasteiger partial charge in [0, 0.05) is 30.9 Å². The summed E-state index contributed by atoms with van der Waals surface area (Å²) in [6.07, 6.45) is 1.48. The van der Waals surface area contributed by atoms with Crippen molar-refractivity contribution in [2.45, 2.75) is 51.8 Å². The molecule has 2 rings (SSSR count). The molecule has 118 valence electrons. The number of nitrogens with zero attached hydrogens (tertiary/aromatic N) is 3. The first-order valence-corrected chi connectivity index (χ1v) is 8.97. The number of rotatable bonds is 5. The van der Waals surface area contributed by atoms with Crippen LogP contribution in [0.3, 0.4) is 0 Å². The number of aromatic nitrogens is 2. The van der Waals surface area contributed by atoms with Gasteiger partial charge in [-0.25, -0.2) is 23.1 Å². The van der Waals surface area contributed by atoms with Crippen molar-refractivity contribution in [3.63, 3.8) is 0 Å². The van der Waals surface area contributed by atoms with Crippen molar-refractivity contribution in [3.05, 3.63) is 17.6 Å². The molecule has 1 fully saturated rings. The van der Waals surface area contributed by atoms with E-state index in [0.717, 1.165) is 23.8 Å². The zero-order valence-electron chi connectivity index (χ0n) is 13.1. The average Bonchev–Trinajstić information content (AvgIpc) is 2.86. The first kappa shape index (κ1) is 16.2. The lowest BCUT2D eigenvalue weighted by molar-refractivity contribution is 0.557. The third-order valence-corrected chi connectivity index (χ3v) is 5.61. The molecule has 2 heterocycles. The molecule has 1 aliphatic rings. The normalized spacial score (nSPS) is 19.5. The minimum absolute atomic E-state index is 0.0722. The van der Waals surface area contributed by atoms with Gasteiger partial charge in [0.2, 0.25) is 10.0 Å². The van der Waals surface area contributed by atoms with Crippen LogP contribution in [0.2, 0.25) is 0 Å². The Kier molecular flexibility index (Phi) is 4.83. The molecule has 21 heavy (non-hydrogen) atoms. The molecule has 1 aromatic rings. The van der Waals surface area contributed by atoms with Gasteiger partial charge in [0.25, 0.3) is 0 Å². The average molecular weight is 312 g/mol. The predicted octanol–water partition coefficient (Wildman–Crippen LogP) is 1.25. The van der Waals surface area contributed by atoms with Crippen LogP contribution in [-0.2, 0) is 16.4 Å². The Morgan fingerprint density at radius 2 is 2.14 bits per heavy atom. The molecular formula is C14H24N4O2S. The molecule has 0 saturated carbocycles. The third kappa shape index (κ3) is 3.91. The molecule has 0 bridgehead atoms. The van der Waals surface area contributed by atoms with Crippen LogP contribution in [0.1, 0.15) is 38.7 Å². The lowest BCUT2D eigenvalue weighted by atomic mass is 10.3. The molecule has 1 N–H and O–H groups in total. The van der Waals surface area contributed by atoms with E-state index in [1.54, 1.807) is 0 Å².